The number of carbonyl (C=O) groups is 1. The highest BCUT2D eigenvalue weighted by Crippen LogP contribution is 2.25. The molecule has 0 saturated carbocycles. The van der Waals surface area contributed by atoms with Crippen LogP contribution in [0.3, 0.4) is 0 Å². The summed E-state index contributed by atoms with van der Waals surface area (Å²) >= 11 is 10.2. The van der Waals surface area contributed by atoms with Gasteiger partial charge < -0.3 is 14.8 Å². The number of amides is 1. The van der Waals surface area contributed by atoms with Gasteiger partial charge in [-0.3, -0.25) is 14.9 Å². The number of amidine groups is 1. The van der Waals surface area contributed by atoms with Crippen molar-refractivity contribution in [2.75, 3.05) is 18.0 Å². The minimum Gasteiger partial charge on any atom is -0.369 e. The van der Waals surface area contributed by atoms with Crippen LogP contribution in [0.15, 0.2) is 64.6 Å². The Bertz CT molecular complexity index is 1350. The Kier molecular flexibility index (Phi) is 7.15. The highest BCUT2D eigenvalue weighted by Gasteiger charge is 2.25. The van der Waals surface area contributed by atoms with Gasteiger partial charge in [-0.2, -0.15) is 0 Å². The van der Waals surface area contributed by atoms with Gasteiger partial charge in [-0.1, -0.05) is 23.7 Å². The Morgan fingerprint density at radius 3 is 2.74 bits per heavy atom. The van der Waals surface area contributed by atoms with Gasteiger partial charge in [-0.25, -0.2) is 13.4 Å². The van der Waals surface area contributed by atoms with E-state index < -0.39 is 10.0 Å². The Morgan fingerprint density at radius 1 is 1.24 bits per heavy atom. The van der Waals surface area contributed by atoms with E-state index in [4.69, 9.17) is 17.0 Å². The maximum Gasteiger partial charge on any atom is 0.263 e. The SMILES string of the molecule is N=C/N=C(\S)NS(=O)(=O)c1ccc(N2CC[C@H](NC(=O)Cn3ccc4cccc(Cl)c43)C2)cc1. The quantitative estimate of drug-likeness (QED) is 0.218. The lowest BCUT2D eigenvalue weighted by molar-refractivity contribution is -0.122. The number of fused-ring (bicyclic) bond motifs is 1. The molecule has 2 heterocycles. The van der Waals surface area contributed by atoms with Crippen LogP contribution in [0.25, 0.3) is 10.9 Å². The molecule has 0 spiro atoms. The molecule has 178 valence electrons. The number of aliphatic imine (C=N–C) groups is 1. The van der Waals surface area contributed by atoms with Gasteiger partial charge in [0.05, 0.1) is 15.4 Å². The third-order valence-corrected chi connectivity index (χ3v) is 7.57. The largest absolute Gasteiger partial charge is 0.369 e. The number of rotatable bonds is 7. The number of benzene rings is 2. The maximum absolute atomic E-state index is 12.7. The van der Waals surface area contributed by atoms with Crippen LogP contribution in [0, 0.1) is 5.41 Å². The van der Waals surface area contributed by atoms with E-state index >= 15 is 0 Å². The van der Waals surface area contributed by atoms with Crippen molar-refractivity contribution in [2.45, 2.75) is 23.9 Å². The molecule has 12 heteroatoms. The normalized spacial score (nSPS) is 16.6. The number of hydrogen-bond donors (Lipinski definition) is 4. The molecule has 0 radical (unpaired) electrons. The predicted molar refractivity (Wildman–Crippen MR) is 138 cm³/mol. The van der Waals surface area contributed by atoms with Crippen LogP contribution >= 0.6 is 24.2 Å². The highest BCUT2D eigenvalue weighted by molar-refractivity contribution is 8.00. The number of nitrogens with one attached hydrogen (secondary N) is 3. The zero-order valence-electron chi connectivity index (χ0n) is 18.0. The third-order valence-electron chi connectivity index (χ3n) is 5.53. The first-order valence-corrected chi connectivity index (χ1v) is 12.7. The Hall–Kier alpha value is -3.02. The van der Waals surface area contributed by atoms with Crippen molar-refractivity contribution < 1.29 is 13.2 Å². The molecule has 3 aromatic rings. The molecule has 1 atom stereocenters. The van der Waals surface area contributed by atoms with E-state index in [1.807, 2.05) is 29.0 Å². The Morgan fingerprint density at radius 2 is 2.00 bits per heavy atom. The molecule has 4 rings (SSSR count). The second-order valence-electron chi connectivity index (χ2n) is 7.80. The molecule has 9 nitrogen and oxygen atoms in total. The van der Waals surface area contributed by atoms with Crippen LogP contribution in [0.4, 0.5) is 5.69 Å². The summed E-state index contributed by atoms with van der Waals surface area (Å²) in [6.45, 7) is 1.54. The number of aromatic nitrogens is 1. The number of para-hydroxylation sites is 1. The summed E-state index contributed by atoms with van der Waals surface area (Å²) in [5.41, 5.74) is 1.70. The summed E-state index contributed by atoms with van der Waals surface area (Å²) in [5.74, 6) is -0.0917. The lowest BCUT2D eigenvalue weighted by atomic mass is 10.2. The summed E-state index contributed by atoms with van der Waals surface area (Å²) in [6.07, 6.45) is 3.34. The van der Waals surface area contributed by atoms with E-state index in [0.717, 1.165) is 29.6 Å². The first-order valence-electron chi connectivity index (χ1n) is 10.4. The topological polar surface area (TPSA) is 120 Å². The van der Waals surface area contributed by atoms with Crippen molar-refractivity contribution in [1.82, 2.24) is 14.6 Å². The highest BCUT2D eigenvalue weighted by atomic mass is 35.5. The molecular weight excluding hydrogens is 496 g/mol. The number of carbonyl (C=O) groups excluding carboxylic acids is 1. The van der Waals surface area contributed by atoms with Gasteiger partial charge in [-0.05, 0) is 42.8 Å². The summed E-state index contributed by atoms with van der Waals surface area (Å²) in [4.78, 5) is 18.3. The lowest BCUT2D eigenvalue weighted by Crippen LogP contribution is -2.38. The van der Waals surface area contributed by atoms with Crippen molar-refractivity contribution in [3.8, 4) is 0 Å². The fourth-order valence-corrected chi connectivity index (χ4v) is 5.60. The number of anilines is 1. The van der Waals surface area contributed by atoms with E-state index in [-0.39, 0.29) is 28.6 Å². The average molecular weight is 519 g/mol. The maximum atomic E-state index is 12.7. The molecule has 1 aromatic heterocycles. The first kappa shape index (κ1) is 24.1. The number of sulfonamides is 1. The molecule has 0 bridgehead atoms. The van der Waals surface area contributed by atoms with Gasteiger partial charge in [0.25, 0.3) is 10.0 Å². The standard InChI is InChI=1S/C22H23ClN6O3S2/c23-19-3-1-2-15-8-10-29(21(15)19)13-20(30)26-16-9-11-28(12-16)17-4-6-18(7-5-17)34(31,32)27-22(33)25-14-24/h1-8,10,14,16H,9,11-13H2,(H,26,30)(H3,24,25,27,33)/t16-/m0/s1. The number of nitrogens with zero attached hydrogens (tertiary/aromatic N) is 3. The first-order chi connectivity index (χ1) is 16.3. The van der Waals surface area contributed by atoms with E-state index in [1.54, 1.807) is 18.2 Å². The van der Waals surface area contributed by atoms with E-state index in [9.17, 15) is 13.2 Å². The second kappa shape index (κ2) is 10.1. The van der Waals surface area contributed by atoms with Gasteiger partial charge in [0.15, 0.2) is 5.17 Å². The molecule has 1 aliphatic heterocycles. The van der Waals surface area contributed by atoms with Crippen LogP contribution in [0.5, 0.6) is 0 Å². The fraction of sp³-hybridized carbons (Fsp3) is 0.227. The number of hydrogen-bond acceptors (Lipinski definition) is 5. The van der Waals surface area contributed by atoms with Crippen LogP contribution < -0.4 is 14.9 Å². The summed E-state index contributed by atoms with van der Waals surface area (Å²) in [6, 6.07) is 14.0. The van der Waals surface area contributed by atoms with Crippen LogP contribution in [0.1, 0.15) is 6.42 Å². The Balaban J connectivity index is 1.35. The van der Waals surface area contributed by atoms with Gasteiger partial charge in [0, 0.05) is 36.4 Å². The Labute approximate surface area is 207 Å². The monoisotopic (exact) mass is 518 g/mol. The average Bonchev–Trinajstić information content (AvgIpc) is 3.42. The zero-order valence-corrected chi connectivity index (χ0v) is 20.4. The molecule has 1 amide bonds. The van der Waals surface area contributed by atoms with Crippen LogP contribution in [0.2, 0.25) is 5.02 Å². The van der Waals surface area contributed by atoms with Crippen molar-refractivity contribution >= 4 is 68.3 Å². The third kappa shape index (κ3) is 5.37. The fourth-order valence-electron chi connectivity index (χ4n) is 3.99. The summed E-state index contributed by atoms with van der Waals surface area (Å²) in [7, 11) is -3.84. The molecule has 1 saturated heterocycles. The number of halogens is 1. The molecule has 1 fully saturated rings. The molecule has 2 aromatic carbocycles. The van der Waals surface area contributed by atoms with Gasteiger partial charge in [0.1, 0.15) is 12.9 Å². The smallest absolute Gasteiger partial charge is 0.263 e. The van der Waals surface area contributed by atoms with Crippen LogP contribution in [-0.2, 0) is 21.4 Å². The molecule has 34 heavy (non-hydrogen) atoms. The van der Waals surface area contributed by atoms with Gasteiger partial charge in [0.2, 0.25) is 5.91 Å². The van der Waals surface area contributed by atoms with E-state index in [0.29, 0.717) is 17.9 Å². The van der Waals surface area contributed by atoms with Crippen LogP contribution in [-0.4, -0.2) is 49.5 Å². The molecular formula is C22H23ClN6O3S2. The molecule has 3 N–H and O–H groups in total. The summed E-state index contributed by atoms with van der Waals surface area (Å²) in [5, 5.41) is 11.4. The van der Waals surface area contributed by atoms with E-state index in [1.165, 1.54) is 12.1 Å². The minimum atomic E-state index is -3.84. The zero-order chi connectivity index (χ0) is 24.3. The van der Waals surface area contributed by atoms with Crippen molar-refractivity contribution in [1.29, 1.82) is 5.41 Å². The number of thiol groups is 1. The van der Waals surface area contributed by atoms with Crippen molar-refractivity contribution in [3.63, 3.8) is 0 Å². The van der Waals surface area contributed by atoms with Crippen molar-refractivity contribution in [2.24, 2.45) is 4.99 Å². The lowest BCUT2D eigenvalue weighted by Gasteiger charge is -2.19. The minimum absolute atomic E-state index is 0.0149. The predicted octanol–water partition coefficient (Wildman–Crippen LogP) is 2.86. The molecule has 1 aliphatic rings. The van der Waals surface area contributed by atoms with Gasteiger partial charge in [-0.15, -0.1) is 12.6 Å². The molecule has 0 unspecified atom stereocenters. The van der Waals surface area contributed by atoms with E-state index in [2.05, 4.69) is 32.6 Å². The summed E-state index contributed by atoms with van der Waals surface area (Å²) < 4.78 is 28.8. The molecule has 0 aliphatic carbocycles. The van der Waals surface area contributed by atoms with Gasteiger partial charge >= 0.3 is 0 Å². The van der Waals surface area contributed by atoms with Crippen molar-refractivity contribution in [3.05, 3.63) is 59.8 Å². The second-order valence-corrected chi connectivity index (χ2v) is 10.3.